The van der Waals surface area contributed by atoms with Crippen LogP contribution < -0.4 is 10.1 Å². The molecule has 0 saturated heterocycles. The summed E-state index contributed by atoms with van der Waals surface area (Å²) in [5.74, 6) is 0.121. The van der Waals surface area contributed by atoms with Gasteiger partial charge in [0.25, 0.3) is 0 Å². The van der Waals surface area contributed by atoms with Crippen molar-refractivity contribution >= 4 is 15.9 Å². The van der Waals surface area contributed by atoms with Crippen molar-refractivity contribution in [3.05, 3.63) is 77.9 Å². The zero-order valence-electron chi connectivity index (χ0n) is 21.1. The predicted octanol–water partition coefficient (Wildman–Crippen LogP) is 5.50. The summed E-state index contributed by atoms with van der Waals surface area (Å²) in [7, 11) is -2.32. The molecule has 3 aromatic carbocycles. The number of hydrogen-bond donors (Lipinski definition) is 2. The quantitative estimate of drug-likeness (QED) is 0.368. The van der Waals surface area contributed by atoms with Gasteiger partial charge in [-0.25, -0.2) is 13.2 Å². The van der Waals surface area contributed by atoms with Crippen molar-refractivity contribution in [3.63, 3.8) is 0 Å². The minimum Gasteiger partial charge on any atom is -0.507 e. The molecule has 0 radical (unpaired) electrons. The summed E-state index contributed by atoms with van der Waals surface area (Å²) in [5, 5.41) is 12.9. The molecule has 0 heterocycles. The maximum Gasteiger partial charge on any atom is 0.407 e. The maximum atomic E-state index is 13.4. The Balaban J connectivity index is 1.72. The molecule has 0 atom stereocenters. The Morgan fingerprint density at radius 3 is 2.39 bits per heavy atom. The van der Waals surface area contributed by atoms with E-state index >= 15 is 0 Å². The van der Waals surface area contributed by atoms with Gasteiger partial charge in [-0.15, -0.1) is 0 Å². The third-order valence-electron chi connectivity index (χ3n) is 5.37. The number of aryl methyl sites for hydroxylation is 1. The van der Waals surface area contributed by atoms with Crippen LogP contribution in [0, 0.1) is 0 Å². The normalized spacial score (nSPS) is 11.7. The lowest BCUT2D eigenvalue weighted by Crippen LogP contribution is -2.33. The highest BCUT2D eigenvalue weighted by Crippen LogP contribution is 2.35. The lowest BCUT2D eigenvalue weighted by Gasteiger charge is -2.19. The van der Waals surface area contributed by atoms with Crippen molar-refractivity contribution in [2.24, 2.45) is 0 Å². The summed E-state index contributed by atoms with van der Waals surface area (Å²) >= 11 is 0. The van der Waals surface area contributed by atoms with E-state index in [-0.39, 0.29) is 22.1 Å². The number of ether oxygens (including phenoxy) is 2. The first-order valence-electron chi connectivity index (χ1n) is 11.7. The number of phenolic OH excluding ortho intramolecular Hbond substituents is 1. The summed E-state index contributed by atoms with van der Waals surface area (Å²) in [6.07, 6.45) is 0.907. The summed E-state index contributed by atoms with van der Waals surface area (Å²) in [6.45, 7) is 5.88. The molecule has 0 aliphatic carbocycles. The van der Waals surface area contributed by atoms with Crippen LogP contribution in [0.15, 0.2) is 71.6 Å². The van der Waals surface area contributed by atoms with Gasteiger partial charge in [0, 0.05) is 12.1 Å². The number of para-hydroxylation sites is 1. The van der Waals surface area contributed by atoms with Gasteiger partial charge in [-0.05, 0) is 68.5 Å². The van der Waals surface area contributed by atoms with E-state index in [1.165, 1.54) is 13.2 Å². The van der Waals surface area contributed by atoms with Crippen LogP contribution in [-0.4, -0.2) is 38.9 Å². The minimum atomic E-state index is -3.75. The number of alkyl carbamates (subject to hydrolysis) is 1. The third kappa shape index (κ3) is 7.49. The Hall–Kier alpha value is -3.52. The molecule has 0 aromatic heterocycles. The molecular weight excluding hydrogens is 478 g/mol. The average molecular weight is 512 g/mol. The highest BCUT2D eigenvalue weighted by atomic mass is 32.2. The van der Waals surface area contributed by atoms with Gasteiger partial charge in [0.1, 0.15) is 22.0 Å². The molecule has 36 heavy (non-hydrogen) atoms. The fourth-order valence-electron chi connectivity index (χ4n) is 3.77. The van der Waals surface area contributed by atoms with Crippen molar-refractivity contribution in [2.75, 3.05) is 13.7 Å². The summed E-state index contributed by atoms with van der Waals surface area (Å²) < 4.78 is 37.4. The lowest BCUT2D eigenvalue weighted by molar-refractivity contribution is 0.0527. The van der Waals surface area contributed by atoms with Crippen molar-refractivity contribution < 1.29 is 27.8 Å². The molecule has 0 saturated carbocycles. The number of carbonyl (C=O) groups is 1. The molecule has 3 rings (SSSR count). The zero-order valence-corrected chi connectivity index (χ0v) is 21.9. The largest absolute Gasteiger partial charge is 0.507 e. The number of amides is 1. The van der Waals surface area contributed by atoms with E-state index < -0.39 is 21.5 Å². The number of methoxy groups -OCH3 is 1. The van der Waals surface area contributed by atoms with Gasteiger partial charge in [-0.2, -0.15) is 0 Å². The Bertz CT molecular complexity index is 1310. The molecular formula is C28H33NO6S. The molecule has 0 aliphatic heterocycles. The van der Waals surface area contributed by atoms with E-state index in [1.54, 1.807) is 42.5 Å². The van der Waals surface area contributed by atoms with Crippen LogP contribution in [0.1, 0.15) is 38.3 Å². The fourth-order valence-corrected chi connectivity index (χ4v) is 5.31. The second-order valence-corrected chi connectivity index (χ2v) is 11.5. The number of benzene rings is 3. The number of aromatic hydroxyl groups is 1. The van der Waals surface area contributed by atoms with Crippen molar-refractivity contribution in [1.29, 1.82) is 0 Å². The van der Waals surface area contributed by atoms with E-state index in [1.807, 2.05) is 39.0 Å². The molecule has 0 fully saturated rings. The van der Waals surface area contributed by atoms with E-state index in [0.717, 1.165) is 5.56 Å². The van der Waals surface area contributed by atoms with Crippen LogP contribution in [0.3, 0.4) is 0 Å². The smallest absolute Gasteiger partial charge is 0.407 e. The number of carbonyl (C=O) groups excluding carboxylic acids is 1. The van der Waals surface area contributed by atoms with Crippen molar-refractivity contribution in [1.82, 2.24) is 5.32 Å². The molecule has 0 spiro atoms. The van der Waals surface area contributed by atoms with Gasteiger partial charge in [0.05, 0.1) is 12.9 Å². The van der Waals surface area contributed by atoms with Gasteiger partial charge in [-0.1, -0.05) is 48.5 Å². The first kappa shape index (κ1) is 27.1. The van der Waals surface area contributed by atoms with Crippen LogP contribution in [0.5, 0.6) is 11.5 Å². The van der Waals surface area contributed by atoms with Gasteiger partial charge in [0.15, 0.2) is 9.84 Å². The Kier molecular flexibility index (Phi) is 8.63. The van der Waals surface area contributed by atoms with Gasteiger partial charge < -0.3 is 19.9 Å². The van der Waals surface area contributed by atoms with E-state index in [2.05, 4.69) is 5.32 Å². The Labute approximate surface area is 213 Å². The van der Waals surface area contributed by atoms with E-state index in [4.69, 9.17) is 9.47 Å². The molecule has 0 aliphatic rings. The zero-order chi connectivity index (χ0) is 26.3. The molecule has 8 heteroatoms. The summed E-state index contributed by atoms with van der Waals surface area (Å²) in [4.78, 5) is 11.8. The number of rotatable bonds is 9. The summed E-state index contributed by atoms with van der Waals surface area (Å²) in [5.41, 5.74) is 2.21. The van der Waals surface area contributed by atoms with Crippen LogP contribution in [0.25, 0.3) is 11.1 Å². The van der Waals surface area contributed by atoms with Crippen LogP contribution in [0.4, 0.5) is 4.79 Å². The Morgan fingerprint density at radius 1 is 0.972 bits per heavy atom. The molecule has 0 bridgehead atoms. The van der Waals surface area contributed by atoms with Crippen LogP contribution >= 0.6 is 0 Å². The molecule has 192 valence electrons. The molecule has 2 N–H and O–H groups in total. The minimum absolute atomic E-state index is 0.0673. The van der Waals surface area contributed by atoms with E-state index in [9.17, 15) is 18.3 Å². The summed E-state index contributed by atoms with van der Waals surface area (Å²) in [6, 6.07) is 19.0. The number of phenols is 1. The SMILES string of the molecule is COc1ccc(-c2ccccc2O)cc1S(=O)(=O)Cc1cccc(CCCNC(=O)OC(C)(C)C)c1. The topological polar surface area (TPSA) is 102 Å². The average Bonchev–Trinajstić information content (AvgIpc) is 2.81. The fraction of sp³-hybridized carbons (Fsp3) is 0.321. The van der Waals surface area contributed by atoms with Crippen LogP contribution in [0.2, 0.25) is 0 Å². The van der Waals surface area contributed by atoms with Gasteiger partial charge >= 0.3 is 6.09 Å². The maximum absolute atomic E-state index is 13.4. The monoisotopic (exact) mass is 511 g/mol. The number of hydrogen-bond acceptors (Lipinski definition) is 6. The highest BCUT2D eigenvalue weighted by Gasteiger charge is 2.22. The number of sulfone groups is 1. The number of nitrogens with one attached hydrogen (secondary N) is 1. The van der Waals surface area contributed by atoms with Crippen molar-refractivity contribution in [3.8, 4) is 22.6 Å². The second kappa shape index (κ2) is 11.5. The highest BCUT2D eigenvalue weighted by molar-refractivity contribution is 7.90. The van der Waals surface area contributed by atoms with Gasteiger partial charge in [-0.3, -0.25) is 0 Å². The Morgan fingerprint density at radius 2 is 1.69 bits per heavy atom. The predicted molar refractivity (Wildman–Crippen MR) is 140 cm³/mol. The van der Waals surface area contributed by atoms with Crippen molar-refractivity contribution in [2.45, 2.75) is 49.9 Å². The first-order chi connectivity index (χ1) is 17.0. The van der Waals surface area contributed by atoms with E-state index in [0.29, 0.717) is 36.1 Å². The molecule has 7 nitrogen and oxygen atoms in total. The first-order valence-corrected chi connectivity index (χ1v) is 13.4. The third-order valence-corrected chi connectivity index (χ3v) is 7.07. The molecule has 0 unspecified atom stereocenters. The standard InChI is InChI=1S/C28H33NO6S/c1-28(2,3)35-27(31)29-16-8-11-20-9-7-10-21(17-20)19-36(32,33)26-18-22(14-15-25(26)34-4)23-12-5-6-13-24(23)30/h5-7,9-10,12-15,17-18,30H,8,11,16,19H2,1-4H3,(H,29,31). The second-order valence-electron chi connectivity index (χ2n) is 9.49. The molecule has 1 amide bonds. The van der Waals surface area contributed by atoms with Crippen LogP contribution in [-0.2, 0) is 26.7 Å². The van der Waals surface area contributed by atoms with Gasteiger partial charge in [0.2, 0.25) is 0 Å². The lowest BCUT2D eigenvalue weighted by atomic mass is 10.0. The molecule has 3 aromatic rings.